The van der Waals surface area contributed by atoms with Gasteiger partial charge in [-0.25, -0.2) is 0 Å². The topological polar surface area (TPSA) is 63.2 Å². The van der Waals surface area contributed by atoms with Crippen LogP contribution >= 0.6 is 0 Å². The van der Waals surface area contributed by atoms with Crippen molar-refractivity contribution in [1.29, 1.82) is 0 Å². The summed E-state index contributed by atoms with van der Waals surface area (Å²) < 4.78 is 10.6. The molecule has 3 rings (SSSR count). The molecule has 2 bridgehead atoms. The molecule has 0 spiro atoms. The van der Waals surface area contributed by atoms with Crippen molar-refractivity contribution in [2.75, 3.05) is 33.8 Å². The second-order valence-corrected chi connectivity index (χ2v) is 5.82. The van der Waals surface area contributed by atoms with Crippen LogP contribution in [0.25, 0.3) is 0 Å². The molecule has 0 radical (unpaired) electrons. The van der Waals surface area contributed by atoms with E-state index in [9.17, 15) is 4.79 Å². The smallest absolute Gasteiger partial charge is 0.307 e. The van der Waals surface area contributed by atoms with Crippen LogP contribution in [0.3, 0.4) is 0 Å². The van der Waals surface area contributed by atoms with Crippen LogP contribution in [-0.4, -0.2) is 62.8 Å². The van der Waals surface area contributed by atoms with Gasteiger partial charge in [-0.1, -0.05) is 0 Å². The van der Waals surface area contributed by atoms with Gasteiger partial charge in [-0.15, -0.1) is 0 Å². The summed E-state index contributed by atoms with van der Waals surface area (Å²) >= 11 is 0. The summed E-state index contributed by atoms with van der Waals surface area (Å²) in [5.74, 6) is 2.02. The first-order valence-corrected chi connectivity index (χ1v) is 7.40. The predicted octanol–water partition coefficient (Wildman–Crippen LogP) is 0.234. The number of guanidine groups is 1. The summed E-state index contributed by atoms with van der Waals surface area (Å²) in [6.07, 6.45) is 3.72. The first kappa shape index (κ1) is 13.7. The molecule has 0 amide bonds. The van der Waals surface area contributed by atoms with Crippen LogP contribution in [0.4, 0.5) is 0 Å². The van der Waals surface area contributed by atoms with Gasteiger partial charge in [0, 0.05) is 38.5 Å². The molecule has 3 aliphatic heterocycles. The van der Waals surface area contributed by atoms with Crippen LogP contribution in [-0.2, 0) is 14.3 Å². The second-order valence-electron chi connectivity index (χ2n) is 5.82. The molecule has 0 aliphatic carbocycles. The van der Waals surface area contributed by atoms with E-state index in [2.05, 4.69) is 19.9 Å². The van der Waals surface area contributed by atoms with Crippen molar-refractivity contribution in [2.24, 2.45) is 16.8 Å². The van der Waals surface area contributed by atoms with E-state index in [0.717, 1.165) is 19.0 Å². The number of nitrogens with zero attached hydrogens (tertiary/aromatic N) is 2. The zero-order valence-electron chi connectivity index (χ0n) is 12.2. The van der Waals surface area contributed by atoms with Crippen LogP contribution in [0.15, 0.2) is 4.99 Å². The van der Waals surface area contributed by atoms with Gasteiger partial charge in [-0.2, -0.15) is 0 Å². The average molecular weight is 281 g/mol. The molecular formula is C14H23N3O3. The molecule has 0 aromatic rings. The Kier molecular flexibility index (Phi) is 3.83. The number of hydrogen-bond donors (Lipinski definition) is 1. The number of rotatable bonds is 3. The van der Waals surface area contributed by atoms with Gasteiger partial charge in [0.15, 0.2) is 5.96 Å². The molecule has 0 aromatic heterocycles. The zero-order valence-corrected chi connectivity index (χ0v) is 12.2. The van der Waals surface area contributed by atoms with E-state index in [0.29, 0.717) is 37.0 Å². The number of ether oxygens (including phenoxy) is 2. The van der Waals surface area contributed by atoms with Crippen LogP contribution in [0.2, 0.25) is 0 Å². The number of methoxy groups -OCH3 is 1. The first-order valence-electron chi connectivity index (χ1n) is 7.40. The van der Waals surface area contributed by atoms with Crippen LogP contribution in [0.1, 0.15) is 19.3 Å². The number of nitrogens with one attached hydrogen (secondary N) is 1. The van der Waals surface area contributed by atoms with Crippen molar-refractivity contribution in [3.05, 3.63) is 0 Å². The summed E-state index contributed by atoms with van der Waals surface area (Å²) in [6.45, 7) is 2.60. The third kappa shape index (κ3) is 2.37. The van der Waals surface area contributed by atoms with Gasteiger partial charge in [-0.05, 0) is 12.8 Å². The summed E-state index contributed by atoms with van der Waals surface area (Å²) in [5.41, 5.74) is 0. The van der Waals surface area contributed by atoms with Crippen LogP contribution < -0.4 is 5.32 Å². The fourth-order valence-electron chi connectivity index (χ4n) is 3.84. The fourth-order valence-corrected chi connectivity index (χ4v) is 3.84. The van der Waals surface area contributed by atoms with Crippen molar-refractivity contribution < 1.29 is 14.3 Å². The van der Waals surface area contributed by atoms with E-state index in [1.54, 1.807) is 7.05 Å². The molecule has 6 heteroatoms. The van der Waals surface area contributed by atoms with Crippen molar-refractivity contribution in [2.45, 2.75) is 31.5 Å². The molecule has 3 fully saturated rings. The number of carbonyl (C=O) groups is 1. The molecule has 4 unspecified atom stereocenters. The Bertz CT molecular complexity index is 394. The molecule has 1 N–H and O–H groups in total. The molecule has 0 aromatic carbocycles. The average Bonchev–Trinajstić information content (AvgIpc) is 3.14. The Morgan fingerprint density at radius 2 is 2.00 bits per heavy atom. The number of hydrogen-bond acceptors (Lipinski definition) is 4. The number of esters is 1. The lowest BCUT2D eigenvalue weighted by molar-refractivity contribution is -0.140. The first-order chi connectivity index (χ1) is 9.72. The highest BCUT2D eigenvalue weighted by molar-refractivity contribution is 5.81. The Morgan fingerprint density at radius 3 is 2.55 bits per heavy atom. The second kappa shape index (κ2) is 5.60. The zero-order chi connectivity index (χ0) is 14.1. The standard InChI is InChI=1S/C14H23N3O3/c1-15-14(16-6-5-13(18)19-2)17-7-9-10(8-17)12-4-3-11(9)20-12/h9-12H,3-8H2,1-2H3,(H,15,16). The molecule has 3 saturated heterocycles. The molecular weight excluding hydrogens is 258 g/mol. The lowest BCUT2D eigenvalue weighted by atomic mass is 9.82. The monoisotopic (exact) mass is 281 g/mol. The quantitative estimate of drug-likeness (QED) is 0.456. The molecule has 3 aliphatic rings. The lowest BCUT2D eigenvalue weighted by Crippen LogP contribution is -2.42. The lowest BCUT2D eigenvalue weighted by Gasteiger charge is -2.23. The Balaban J connectivity index is 1.52. The number of fused-ring (bicyclic) bond motifs is 5. The summed E-state index contributed by atoms with van der Waals surface area (Å²) in [6, 6.07) is 0. The normalized spacial score (nSPS) is 35.3. The van der Waals surface area contributed by atoms with Gasteiger partial charge in [-0.3, -0.25) is 9.79 Å². The van der Waals surface area contributed by atoms with Crippen molar-refractivity contribution >= 4 is 11.9 Å². The maximum Gasteiger partial charge on any atom is 0.307 e. The molecule has 4 atom stereocenters. The van der Waals surface area contributed by atoms with Crippen molar-refractivity contribution in [3.63, 3.8) is 0 Å². The van der Waals surface area contributed by atoms with Crippen LogP contribution in [0.5, 0.6) is 0 Å². The molecule has 3 heterocycles. The highest BCUT2D eigenvalue weighted by atomic mass is 16.5. The number of carbonyl (C=O) groups excluding carboxylic acids is 1. The summed E-state index contributed by atoms with van der Waals surface area (Å²) in [7, 11) is 3.20. The van der Waals surface area contributed by atoms with Crippen molar-refractivity contribution in [1.82, 2.24) is 10.2 Å². The SMILES string of the molecule is CN=C(NCCC(=O)OC)N1CC2C3CCC(O3)C2C1. The van der Waals surface area contributed by atoms with Gasteiger partial charge < -0.3 is 19.7 Å². The maximum atomic E-state index is 11.1. The Morgan fingerprint density at radius 1 is 1.35 bits per heavy atom. The van der Waals surface area contributed by atoms with Crippen LogP contribution in [0, 0.1) is 11.8 Å². The summed E-state index contributed by atoms with van der Waals surface area (Å²) in [5, 5.41) is 3.25. The third-order valence-corrected chi connectivity index (χ3v) is 4.80. The van der Waals surface area contributed by atoms with Gasteiger partial charge in [0.25, 0.3) is 0 Å². The minimum absolute atomic E-state index is 0.197. The van der Waals surface area contributed by atoms with Gasteiger partial charge in [0.1, 0.15) is 0 Å². The van der Waals surface area contributed by atoms with E-state index in [4.69, 9.17) is 4.74 Å². The molecule has 20 heavy (non-hydrogen) atoms. The maximum absolute atomic E-state index is 11.1. The molecule has 6 nitrogen and oxygen atoms in total. The van der Waals surface area contributed by atoms with E-state index in [1.807, 2.05) is 0 Å². The van der Waals surface area contributed by atoms with E-state index in [-0.39, 0.29) is 5.97 Å². The van der Waals surface area contributed by atoms with E-state index >= 15 is 0 Å². The number of likely N-dealkylation sites (tertiary alicyclic amines) is 1. The third-order valence-electron chi connectivity index (χ3n) is 4.80. The Hall–Kier alpha value is -1.30. The number of aliphatic imine (C=N–C) groups is 1. The van der Waals surface area contributed by atoms with E-state index in [1.165, 1.54) is 20.0 Å². The largest absolute Gasteiger partial charge is 0.469 e. The van der Waals surface area contributed by atoms with Gasteiger partial charge in [0.05, 0.1) is 25.7 Å². The molecule has 0 saturated carbocycles. The van der Waals surface area contributed by atoms with Gasteiger partial charge in [0.2, 0.25) is 0 Å². The van der Waals surface area contributed by atoms with Gasteiger partial charge >= 0.3 is 5.97 Å². The fraction of sp³-hybridized carbons (Fsp3) is 0.857. The minimum Gasteiger partial charge on any atom is -0.469 e. The van der Waals surface area contributed by atoms with Crippen molar-refractivity contribution in [3.8, 4) is 0 Å². The van der Waals surface area contributed by atoms with E-state index < -0.39 is 0 Å². The Labute approximate surface area is 119 Å². The predicted molar refractivity (Wildman–Crippen MR) is 74.4 cm³/mol. The highest BCUT2D eigenvalue weighted by Crippen LogP contribution is 2.47. The highest BCUT2D eigenvalue weighted by Gasteiger charge is 2.53. The summed E-state index contributed by atoms with van der Waals surface area (Å²) in [4.78, 5) is 17.8. The minimum atomic E-state index is -0.197. The molecule has 112 valence electrons.